The first-order valence-corrected chi connectivity index (χ1v) is 10.2. The number of nitrogens with one attached hydrogen (secondary N) is 1. The highest BCUT2D eigenvalue weighted by Gasteiger charge is 2.24. The molecule has 0 bridgehead atoms. The normalized spacial score (nSPS) is 21.7. The maximum Gasteiger partial charge on any atom is 0.252 e. The van der Waals surface area contributed by atoms with E-state index >= 15 is 0 Å². The van der Waals surface area contributed by atoms with Crippen LogP contribution in [0.25, 0.3) is 0 Å². The summed E-state index contributed by atoms with van der Waals surface area (Å²) in [4.78, 5) is 14.0. The lowest BCUT2D eigenvalue weighted by atomic mass is 10.00. The SMILES string of the molecule is O=C(N[C@@H]1CCOc2ccccc21)c1ccccc1SC[C@@H]1CCCO1. The van der Waals surface area contributed by atoms with E-state index in [0.717, 1.165) is 53.4 Å². The van der Waals surface area contributed by atoms with Crippen LogP contribution in [0.5, 0.6) is 5.75 Å². The minimum absolute atomic E-state index is 0.0105. The van der Waals surface area contributed by atoms with E-state index in [2.05, 4.69) is 5.32 Å². The molecular formula is C21H23NO3S. The first-order chi connectivity index (χ1) is 12.8. The van der Waals surface area contributed by atoms with E-state index in [-0.39, 0.29) is 11.9 Å². The second-order valence-corrected chi connectivity index (χ2v) is 7.71. The van der Waals surface area contributed by atoms with Crippen LogP contribution in [0.15, 0.2) is 53.4 Å². The van der Waals surface area contributed by atoms with Gasteiger partial charge in [0.25, 0.3) is 5.91 Å². The molecule has 4 rings (SSSR count). The lowest BCUT2D eigenvalue weighted by Crippen LogP contribution is -2.32. The highest BCUT2D eigenvalue weighted by Crippen LogP contribution is 2.32. The number of ether oxygens (including phenoxy) is 2. The van der Waals surface area contributed by atoms with Gasteiger partial charge in [-0.3, -0.25) is 4.79 Å². The van der Waals surface area contributed by atoms with Crippen LogP contribution in [0.3, 0.4) is 0 Å². The lowest BCUT2D eigenvalue weighted by molar-refractivity contribution is 0.0921. The molecule has 0 aliphatic carbocycles. The molecule has 2 aromatic carbocycles. The Morgan fingerprint density at radius 2 is 1.92 bits per heavy atom. The number of para-hydroxylation sites is 1. The largest absolute Gasteiger partial charge is 0.493 e. The minimum atomic E-state index is -0.0258. The Kier molecular flexibility index (Phi) is 5.46. The molecule has 0 aromatic heterocycles. The fraction of sp³-hybridized carbons (Fsp3) is 0.381. The smallest absolute Gasteiger partial charge is 0.252 e. The molecule has 2 aliphatic rings. The second kappa shape index (κ2) is 8.14. The Morgan fingerprint density at radius 1 is 1.08 bits per heavy atom. The van der Waals surface area contributed by atoms with Gasteiger partial charge in [0.1, 0.15) is 5.75 Å². The van der Waals surface area contributed by atoms with E-state index in [4.69, 9.17) is 9.47 Å². The van der Waals surface area contributed by atoms with Gasteiger partial charge in [-0.1, -0.05) is 30.3 Å². The zero-order chi connectivity index (χ0) is 17.8. The minimum Gasteiger partial charge on any atom is -0.493 e. The maximum absolute atomic E-state index is 12.9. The Labute approximate surface area is 158 Å². The van der Waals surface area contributed by atoms with Crippen LogP contribution in [0.4, 0.5) is 0 Å². The summed E-state index contributed by atoms with van der Waals surface area (Å²) in [6.45, 7) is 1.48. The van der Waals surface area contributed by atoms with Gasteiger partial charge in [-0.15, -0.1) is 11.8 Å². The quantitative estimate of drug-likeness (QED) is 0.802. The van der Waals surface area contributed by atoms with Gasteiger partial charge < -0.3 is 14.8 Å². The number of amides is 1. The fourth-order valence-electron chi connectivity index (χ4n) is 3.47. The number of fused-ring (bicyclic) bond motifs is 1. The molecule has 1 saturated heterocycles. The molecule has 26 heavy (non-hydrogen) atoms. The van der Waals surface area contributed by atoms with E-state index in [1.165, 1.54) is 0 Å². The van der Waals surface area contributed by atoms with Crippen LogP contribution in [-0.2, 0) is 4.74 Å². The molecule has 0 unspecified atom stereocenters. The molecule has 136 valence electrons. The summed E-state index contributed by atoms with van der Waals surface area (Å²) in [6.07, 6.45) is 3.34. The number of rotatable bonds is 5. The van der Waals surface area contributed by atoms with E-state index in [1.807, 2.05) is 48.5 Å². The third-order valence-electron chi connectivity index (χ3n) is 4.84. The molecule has 2 aromatic rings. The van der Waals surface area contributed by atoms with Crippen molar-refractivity contribution in [2.45, 2.75) is 36.3 Å². The molecule has 0 saturated carbocycles. The van der Waals surface area contributed by atoms with E-state index < -0.39 is 0 Å². The van der Waals surface area contributed by atoms with Crippen molar-refractivity contribution in [2.24, 2.45) is 0 Å². The standard InChI is InChI=1S/C21H23NO3S/c23-21(22-18-11-13-25-19-9-3-1-7-16(18)19)17-8-2-4-10-20(17)26-14-15-6-5-12-24-15/h1-4,7-10,15,18H,5-6,11-14H2,(H,22,23)/t15-,18+/m0/s1. The van der Waals surface area contributed by atoms with Crippen LogP contribution in [0.1, 0.15) is 41.2 Å². The molecule has 0 spiro atoms. The van der Waals surface area contributed by atoms with Gasteiger partial charge in [0, 0.05) is 29.2 Å². The van der Waals surface area contributed by atoms with E-state index in [9.17, 15) is 4.79 Å². The van der Waals surface area contributed by atoms with Gasteiger partial charge in [-0.25, -0.2) is 0 Å². The number of thioether (sulfide) groups is 1. The first kappa shape index (κ1) is 17.4. The molecule has 2 atom stereocenters. The maximum atomic E-state index is 12.9. The Bertz CT molecular complexity index is 773. The molecule has 2 aliphatic heterocycles. The fourth-order valence-corrected chi connectivity index (χ4v) is 4.59. The van der Waals surface area contributed by atoms with Gasteiger partial charge >= 0.3 is 0 Å². The molecule has 5 heteroatoms. The van der Waals surface area contributed by atoms with Crippen LogP contribution < -0.4 is 10.1 Å². The Balaban J connectivity index is 1.47. The summed E-state index contributed by atoms with van der Waals surface area (Å²) in [5.41, 5.74) is 1.79. The van der Waals surface area contributed by atoms with Crippen LogP contribution >= 0.6 is 11.8 Å². The zero-order valence-electron chi connectivity index (χ0n) is 14.6. The summed E-state index contributed by atoms with van der Waals surface area (Å²) >= 11 is 1.71. The lowest BCUT2D eigenvalue weighted by Gasteiger charge is -2.27. The first-order valence-electron chi connectivity index (χ1n) is 9.17. The summed E-state index contributed by atoms with van der Waals surface area (Å²) < 4.78 is 11.4. The molecule has 4 nitrogen and oxygen atoms in total. The molecule has 2 heterocycles. The summed E-state index contributed by atoms with van der Waals surface area (Å²) in [7, 11) is 0. The third-order valence-corrected chi connectivity index (χ3v) is 6.05. The highest BCUT2D eigenvalue weighted by atomic mass is 32.2. The molecule has 1 fully saturated rings. The summed E-state index contributed by atoms with van der Waals surface area (Å²) in [6, 6.07) is 15.7. The van der Waals surface area contributed by atoms with Crippen molar-refractivity contribution in [3.8, 4) is 5.75 Å². The van der Waals surface area contributed by atoms with Gasteiger partial charge in [0.15, 0.2) is 0 Å². The molecule has 1 amide bonds. The Hall–Kier alpha value is -1.98. The van der Waals surface area contributed by atoms with E-state index in [0.29, 0.717) is 12.7 Å². The molecular weight excluding hydrogens is 346 g/mol. The summed E-state index contributed by atoms with van der Waals surface area (Å²) in [5, 5.41) is 3.20. The highest BCUT2D eigenvalue weighted by molar-refractivity contribution is 7.99. The average Bonchev–Trinajstić information content (AvgIpc) is 3.20. The third kappa shape index (κ3) is 3.89. The summed E-state index contributed by atoms with van der Waals surface area (Å²) in [5.74, 6) is 1.73. The van der Waals surface area contributed by atoms with Gasteiger partial charge in [0.2, 0.25) is 0 Å². The van der Waals surface area contributed by atoms with Gasteiger partial charge in [-0.2, -0.15) is 0 Å². The number of carbonyl (C=O) groups is 1. The van der Waals surface area contributed by atoms with Crippen LogP contribution in [0.2, 0.25) is 0 Å². The topological polar surface area (TPSA) is 47.6 Å². The van der Waals surface area contributed by atoms with Crippen molar-refractivity contribution in [2.75, 3.05) is 19.0 Å². The average molecular weight is 369 g/mol. The van der Waals surface area contributed by atoms with Crippen molar-refractivity contribution in [1.29, 1.82) is 0 Å². The number of benzene rings is 2. The van der Waals surface area contributed by atoms with Crippen molar-refractivity contribution in [3.05, 3.63) is 59.7 Å². The number of hydrogen-bond donors (Lipinski definition) is 1. The van der Waals surface area contributed by atoms with Gasteiger partial charge in [0.05, 0.1) is 24.3 Å². The van der Waals surface area contributed by atoms with Gasteiger partial charge in [-0.05, 0) is 31.0 Å². The second-order valence-electron chi connectivity index (χ2n) is 6.64. The van der Waals surface area contributed by atoms with Crippen LogP contribution in [-0.4, -0.2) is 31.0 Å². The van der Waals surface area contributed by atoms with Crippen molar-refractivity contribution in [1.82, 2.24) is 5.32 Å². The number of hydrogen-bond acceptors (Lipinski definition) is 4. The van der Waals surface area contributed by atoms with E-state index in [1.54, 1.807) is 11.8 Å². The predicted molar refractivity (Wildman–Crippen MR) is 103 cm³/mol. The van der Waals surface area contributed by atoms with Crippen molar-refractivity contribution in [3.63, 3.8) is 0 Å². The molecule has 0 radical (unpaired) electrons. The monoisotopic (exact) mass is 369 g/mol. The van der Waals surface area contributed by atoms with Crippen molar-refractivity contribution < 1.29 is 14.3 Å². The van der Waals surface area contributed by atoms with Crippen molar-refractivity contribution >= 4 is 17.7 Å². The molecule has 1 N–H and O–H groups in total. The zero-order valence-corrected chi connectivity index (χ0v) is 15.5. The number of carbonyl (C=O) groups excluding carboxylic acids is 1. The van der Waals surface area contributed by atoms with Crippen LogP contribution in [0, 0.1) is 0 Å². The predicted octanol–water partition coefficient (Wildman–Crippen LogP) is 4.21. The Morgan fingerprint density at radius 3 is 2.81 bits per heavy atom.